The van der Waals surface area contributed by atoms with Crippen LogP contribution >= 0.6 is 0 Å². The topological polar surface area (TPSA) is 25.8 Å². The number of aryl methyl sites for hydroxylation is 3. The molecule has 0 aliphatic rings. The quantitative estimate of drug-likeness (QED) is 0.365. The maximum Gasteiger partial charge on any atom is 0.416 e. The first-order valence-electron chi connectivity index (χ1n) is 8.59. The number of benzene rings is 3. The summed E-state index contributed by atoms with van der Waals surface area (Å²) in [5.74, 6) is 0.529. The van der Waals surface area contributed by atoms with Crippen LogP contribution in [-0.4, -0.2) is 9.97 Å². The van der Waals surface area contributed by atoms with Gasteiger partial charge in [0, 0.05) is 16.3 Å². The summed E-state index contributed by atoms with van der Waals surface area (Å²) in [6.07, 6.45) is -4.39. The number of alkyl halides is 3. The molecule has 3 aromatic carbocycles. The van der Waals surface area contributed by atoms with E-state index in [-0.39, 0.29) is 0 Å². The number of halogens is 3. The Morgan fingerprint density at radius 1 is 0.741 bits per heavy atom. The number of fused-ring (bicyclic) bond motifs is 3. The van der Waals surface area contributed by atoms with E-state index in [1.807, 2.05) is 38.1 Å². The second-order valence-electron chi connectivity index (χ2n) is 6.89. The van der Waals surface area contributed by atoms with Gasteiger partial charge in [-0.3, -0.25) is 0 Å². The molecule has 136 valence electrons. The summed E-state index contributed by atoms with van der Waals surface area (Å²) in [4.78, 5) is 9.08. The van der Waals surface area contributed by atoms with Crippen LogP contribution in [0, 0.1) is 20.8 Å². The standard InChI is InChI=1S/C22H17F3N2/c1-12-8-13(2)10-16(9-12)20-18-7-5-15-4-6-17(22(23,24)25)11-19(15)21(18)27-14(3)26-20/h4-11H,1-3H3. The predicted octanol–water partition coefficient (Wildman–Crippen LogP) is 6.39. The van der Waals surface area contributed by atoms with Crippen LogP contribution in [0.15, 0.2) is 48.5 Å². The molecule has 27 heavy (non-hydrogen) atoms. The highest BCUT2D eigenvalue weighted by Gasteiger charge is 2.30. The SMILES string of the molecule is Cc1cc(C)cc(-c2nc(C)nc3c2ccc2ccc(C(F)(F)F)cc23)c1. The average Bonchev–Trinajstić information content (AvgIpc) is 2.58. The minimum Gasteiger partial charge on any atom is -0.233 e. The van der Waals surface area contributed by atoms with Crippen molar-refractivity contribution in [3.8, 4) is 11.3 Å². The summed E-state index contributed by atoms with van der Waals surface area (Å²) in [5.41, 5.74) is 3.76. The molecule has 2 nitrogen and oxygen atoms in total. The maximum atomic E-state index is 13.2. The van der Waals surface area contributed by atoms with Crippen molar-refractivity contribution in [1.82, 2.24) is 9.97 Å². The predicted molar refractivity (Wildman–Crippen MR) is 102 cm³/mol. The molecule has 4 aromatic rings. The molecule has 5 heteroatoms. The van der Waals surface area contributed by atoms with Gasteiger partial charge in [0.25, 0.3) is 0 Å². The van der Waals surface area contributed by atoms with Crippen LogP contribution in [-0.2, 0) is 6.18 Å². The third kappa shape index (κ3) is 3.14. The largest absolute Gasteiger partial charge is 0.416 e. The van der Waals surface area contributed by atoms with Gasteiger partial charge in [-0.1, -0.05) is 29.3 Å². The monoisotopic (exact) mass is 366 g/mol. The Kier molecular flexibility index (Phi) is 3.91. The zero-order valence-electron chi connectivity index (χ0n) is 15.1. The lowest BCUT2D eigenvalue weighted by atomic mass is 9.98. The van der Waals surface area contributed by atoms with Crippen molar-refractivity contribution in [3.63, 3.8) is 0 Å². The van der Waals surface area contributed by atoms with E-state index in [9.17, 15) is 13.2 Å². The lowest BCUT2D eigenvalue weighted by molar-refractivity contribution is -0.137. The van der Waals surface area contributed by atoms with Gasteiger partial charge in [-0.2, -0.15) is 13.2 Å². The minimum absolute atomic E-state index is 0.485. The second kappa shape index (κ2) is 6.05. The molecule has 1 heterocycles. The molecular formula is C22H17F3N2. The van der Waals surface area contributed by atoms with Crippen molar-refractivity contribution in [2.45, 2.75) is 26.9 Å². The van der Waals surface area contributed by atoms with Crippen LogP contribution in [0.5, 0.6) is 0 Å². The van der Waals surface area contributed by atoms with Gasteiger partial charge in [-0.15, -0.1) is 0 Å². The molecule has 0 saturated heterocycles. The normalized spacial score (nSPS) is 12.1. The Morgan fingerprint density at radius 3 is 2.07 bits per heavy atom. The van der Waals surface area contributed by atoms with Crippen molar-refractivity contribution >= 4 is 21.7 Å². The molecule has 0 spiro atoms. The Hall–Kier alpha value is -2.95. The summed E-state index contributed by atoms with van der Waals surface area (Å²) in [6, 6.07) is 13.6. The Balaban J connectivity index is 2.09. The molecular weight excluding hydrogens is 349 g/mol. The van der Waals surface area contributed by atoms with Gasteiger partial charge in [-0.05, 0) is 56.5 Å². The van der Waals surface area contributed by atoms with E-state index in [4.69, 9.17) is 0 Å². The van der Waals surface area contributed by atoms with Crippen molar-refractivity contribution < 1.29 is 13.2 Å². The third-order valence-electron chi connectivity index (χ3n) is 4.62. The van der Waals surface area contributed by atoms with Crippen molar-refractivity contribution in [1.29, 1.82) is 0 Å². The number of rotatable bonds is 1. The van der Waals surface area contributed by atoms with Crippen LogP contribution in [0.25, 0.3) is 32.9 Å². The highest BCUT2D eigenvalue weighted by atomic mass is 19.4. The van der Waals surface area contributed by atoms with Gasteiger partial charge in [-0.25, -0.2) is 9.97 Å². The van der Waals surface area contributed by atoms with Gasteiger partial charge in [0.2, 0.25) is 0 Å². The molecule has 0 atom stereocenters. The van der Waals surface area contributed by atoms with Crippen LogP contribution in [0.4, 0.5) is 13.2 Å². The number of hydrogen-bond acceptors (Lipinski definition) is 2. The van der Waals surface area contributed by atoms with E-state index in [0.717, 1.165) is 39.2 Å². The van der Waals surface area contributed by atoms with Crippen molar-refractivity contribution in [2.75, 3.05) is 0 Å². The lowest BCUT2D eigenvalue weighted by Crippen LogP contribution is -2.04. The first kappa shape index (κ1) is 17.5. The van der Waals surface area contributed by atoms with Gasteiger partial charge in [0.05, 0.1) is 16.8 Å². The second-order valence-corrected chi connectivity index (χ2v) is 6.89. The van der Waals surface area contributed by atoms with Crippen LogP contribution in [0.2, 0.25) is 0 Å². The summed E-state index contributed by atoms with van der Waals surface area (Å²) >= 11 is 0. The summed E-state index contributed by atoms with van der Waals surface area (Å²) in [7, 11) is 0. The fourth-order valence-corrected chi connectivity index (χ4v) is 3.53. The van der Waals surface area contributed by atoms with Crippen molar-refractivity contribution in [3.05, 3.63) is 71.0 Å². The molecule has 0 bridgehead atoms. The lowest BCUT2D eigenvalue weighted by Gasteiger charge is -2.12. The molecule has 0 radical (unpaired) electrons. The first-order valence-corrected chi connectivity index (χ1v) is 8.59. The first-order chi connectivity index (χ1) is 12.7. The van der Waals surface area contributed by atoms with Crippen molar-refractivity contribution in [2.24, 2.45) is 0 Å². The van der Waals surface area contributed by atoms with E-state index < -0.39 is 11.7 Å². The number of hydrogen-bond donors (Lipinski definition) is 0. The Morgan fingerprint density at radius 2 is 1.41 bits per heavy atom. The molecule has 0 aliphatic carbocycles. The molecule has 0 aliphatic heterocycles. The van der Waals surface area contributed by atoms with Crippen LogP contribution in [0.3, 0.4) is 0 Å². The molecule has 0 amide bonds. The average molecular weight is 366 g/mol. The molecule has 0 fully saturated rings. The fraction of sp³-hybridized carbons (Fsp3) is 0.182. The summed E-state index contributed by atoms with van der Waals surface area (Å²) in [6.45, 7) is 5.79. The summed E-state index contributed by atoms with van der Waals surface area (Å²) in [5, 5.41) is 1.95. The highest BCUT2D eigenvalue weighted by Crippen LogP contribution is 2.36. The minimum atomic E-state index is -4.39. The fourth-order valence-electron chi connectivity index (χ4n) is 3.53. The van der Waals surface area contributed by atoms with Gasteiger partial charge in [0.1, 0.15) is 5.82 Å². The zero-order chi connectivity index (χ0) is 19.3. The Bertz CT molecular complexity index is 1170. The van der Waals surface area contributed by atoms with E-state index in [1.165, 1.54) is 12.1 Å². The molecule has 0 saturated carbocycles. The molecule has 0 unspecified atom stereocenters. The van der Waals surface area contributed by atoms with E-state index in [2.05, 4.69) is 16.0 Å². The molecule has 0 N–H and O–H groups in total. The highest BCUT2D eigenvalue weighted by molar-refractivity contribution is 6.09. The third-order valence-corrected chi connectivity index (χ3v) is 4.62. The zero-order valence-corrected chi connectivity index (χ0v) is 15.1. The number of aromatic nitrogens is 2. The van der Waals surface area contributed by atoms with E-state index in [0.29, 0.717) is 16.7 Å². The van der Waals surface area contributed by atoms with Gasteiger partial charge in [0.15, 0.2) is 0 Å². The smallest absolute Gasteiger partial charge is 0.233 e. The van der Waals surface area contributed by atoms with E-state index in [1.54, 1.807) is 6.92 Å². The van der Waals surface area contributed by atoms with Crippen LogP contribution < -0.4 is 0 Å². The van der Waals surface area contributed by atoms with Gasteiger partial charge >= 0.3 is 6.18 Å². The summed E-state index contributed by atoms with van der Waals surface area (Å²) < 4.78 is 39.6. The van der Waals surface area contributed by atoms with Gasteiger partial charge < -0.3 is 0 Å². The van der Waals surface area contributed by atoms with Crippen LogP contribution in [0.1, 0.15) is 22.5 Å². The number of nitrogens with zero attached hydrogens (tertiary/aromatic N) is 2. The Labute approximate surface area is 154 Å². The molecule has 1 aromatic heterocycles. The molecule has 4 rings (SSSR count). The maximum absolute atomic E-state index is 13.2. The van der Waals surface area contributed by atoms with E-state index >= 15 is 0 Å².